The predicted molar refractivity (Wildman–Crippen MR) is 67.2 cm³/mol. The minimum absolute atomic E-state index is 0.898. The van der Waals surface area contributed by atoms with E-state index in [1.165, 1.54) is 15.6 Å². The molecular formula is C13H13BrO. The summed E-state index contributed by atoms with van der Waals surface area (Å²) in [5.74, 6) is 0.898. The maximum Gasteiger partial charge on any atom is 0.118 e. The summed E-state index contributed by atoms with van der Waals surface area (Å²) in [6.07, 6.45) is 6.74. The predicted octanol–water partition coefficient (Wildman–Crippen LogP) is 4.15. The van der Waals surface area contributed by atoms with Crippen LogP contribution < -0.4 is 4.74 Å². The van der Waals surface area contributed by atoms with Gasteiger partial charge in [-0.3, -0.25) is 0 Å². The minimum Gasteiger partial charge on any atom is -0.497 e. The summed E-state index contributed by atoms with van der Waals surface area (Å²) in [6, 6.07) is 8.16. The third kappa shape index (κ3) is 2.32. The summed E-state index contributed by atoms with van der Waals surface area (Å²) >= 11 is 3.59. The highest BCUT2D eigenvalue weighted by molar-refractivity contribution is 9.12. The van der Waals surface area contributed by atoms with Crippen LogP contribution in [-0.2, 0) is 0 Å². The fourth-order valence-electron chi connectivity index (χ4n) is 1.67. The first-order chi connectivity index (χ1) is 7.31. The molecule has 0 saturated heterocycles. The second kappa shape index (κ2) is 4.67. The van der Waals surface area contributed by atoms with Crippen molar-refractivity contribution >= 4 is 21.5 Å². The molecule has 15 heavy (non-hydrogen) atoms. The zero-order valence-electron chi connectivity index (χ0n) is 8.66. The molecule has 0 aromatic heterocycles. The quantitative estimate of drug-likeness (QED) is 0.780. The lowest BCUT2D eigenvalue weighted by molar-refractivity contribution is 0.415. The highest BCUT2D eigenvalue weighted by Crippen LogP contribution is 2.32. The largest absolute Gasteiger partial charge is 0.497 e. The fourth-order valence-corrected chi connectivity index (χ4v) is 2.29. The maximum absolute atomic E-state index is 5.14. The highest BCUT2D eigenvalue weighted by Gasteiger charge is 2.08. The number of benzene rings is 1. The van der Waals surface area contributed by atoms with E-state index in [-0.39, 0.29) is 0 Å². The third-order valence-electron chi connectivity index (χ3n) is 2.50. The summed E-state index contributed by atoms with van der Waals surface area (Å²) in [6.45, 7) is 0. The zero-order chi connectivity index (χ0) is 10.7. The summed E-state index contributed by atoms with van der Waals surface area (Å²) < 4.78 is 6.33. The molecule has 1 aliphatic carbocycles. The van der Waals surface area contributed by atoms with Gasteiger partial charge >= 0.3 is 0 Å². The molecule has 0 amide bonds. The molecule has 0 radical (unpaired) electrons. The Hall–Kier alpha value is -1.02. The van der Waals surface area contributed by atoms with Gasteiger partial charge in [-0.05, 0) is 36.1 Å². The van der Waals surface area contributed by atoms with Crippen LogP contribution in [0.2, 0.25) is 0 Å². The van der Waals surface area contributed by atoms with Crippen LogP contribution in [0.3, 0.4) is 0 Å². The van der Waals surface area contributed by atoms with Crippen molar-refractivity contribution in [2.45, 2.75) is 12.8 Å². The van der Waals surface area contributed by atoms with Crippen LogP contribution in [0.15, 0.2) is 40.9 Å². The van der Waals surface area contributed by atoms with E-state index in [1.807, 2.05) is 12.1 Å². The van der Waals surface area contributed by atoms with Crippen molar-refractivity contribution in [2.24, 2.45) is 0 Å². The summed E-state index contributed by atoms with van der Waals surface area (Å²) in [5.41, 5.74) is 2.52. The van der Waals surface area contributed by atoms with Gasteiger partial charge in [0.05, 0.1) is 7.11 Å². The molecule has 2 heteroatoms. The number of hydrogen-bond donors (Lipinski definition) is 0. The molecule has 0 N–H and O–H groups in total. The Morgan fingerprint density at radius 2 is 1.73 bits per heavy atom. The van der Waals surface area contributed by atoms with E-state index in [9.17, 15) is 0 Å². The second-order valence-electron chi connectivity index (χ2n) is 3.48. The molecule has 1 aromatic carbocycles. The molecule has 78 valence electrons. The van der Waals surface area contributed by atoms with Gasteiger partial charge < -0.3 is 4.74 Å². The molecule has 0 aliphatic heterocycles. The summed E-state index contributed by atoms with van der Waals surface area (Å²) in [4.78, 5) is 0. The van der Waals surface area contributed by atoms with E-state index in [0.29, 0.717) is 0 Å². The first-order valence-corrected chi connectivity index (χ1v) is 5.81. The average molecular weight is 265 g/mol. The van der Waals surface area contributed by atoms with Crippen LogP contribution in [0.5, 0.6) is 5.75 Å². The molecule has 2 rings (SSSR count). The van der Waals surface area contributed by atoms with Gasteiger partial charge in [-0.25, -0.2) is 0 Å². The lowest BCUT2D eigenvalue weighted by atomic mass is 10.00. The van der Waals surface area contributed by atoms with Gasteiger partial charge in [0.1, 0.15) is 5.75 Å². The molecule has 0 bridgehead atoms. The van der Waals surface area contributed by atoms with E-state index in [2.05, 4.69) is 40.2 Å². The minimum atomic E-state index is 0.898. The van der Waals surface area contributed by atoms with E-state index in [1.54, 1.807) is 7.11 Å². The van der Waals surface area contributed by atoms with Gasteiger partial charge in [0, 0.05) is 4.48 Å². The smallest absolute Gasteiger partial charge is 0.118 e. The normalized spacial score (nSPS) is 15.6. The van der Waals surface area contributed by atoms with Crippen molar-refractivity contribution in [1.29, 1.82) is 0 Å². The van der Waals surface area contributed by atoms with Crippen molar-refractivity contribution in [3.8, 4) is 5.75 Å². The monoisotopic (exact) mass is 264 g/mol. The van der Waals surface area contributed by atoms with Gasteiger partial charge in [0.2, 0.25) is 0 Å². The topological polar surface area (TPSA) is 9.23 Å². The highest BCUT2D eigenvalue weighted by atomic mass is 79.9. The Balaban J connectivity index is 2.29. The van der Waals surface area contributed by atoms with Crippen LogP contribution in [-0.4, -0.2) is 7.11 Å². The van der Waals surface area contributed by atoms with E-state index >= 15 is 0 Å². The first kappa shape index (κ1) is 10.5. The molecule has 0 saturated carbocycles. The number of ether oxygens (including phenoxy) is 1. The van der Waals surface area contributed by atoms with Crippen LogP contribution >= 0.6 is 15.9 Å². The lowest BCUT2D eigenvalue weighted by Crippen LogP contribution is -1.90. The Labute approximate surface area is 98.6 Å². The lowest BCUT2D eigenvalue weighted by Gasteiger charge is -2.12. The van der Waals surface area contributed by atoms with Crippen molar-refractivity contribution in [3.63, 3.8) is 0 Å². The van der Waals surface area contributed by atoms with Crippen LogP contribution in [0.25, 0.3) is 5.57 Å². The Bertz CT molecular complexity index is 401. The number of methoxy groups -OCH3 is 1. The molecule has 0 heterocycles. The summed E-state index contributed by atoms with van der Waals surface area (Å²) in [7, 11) is 1.69. The SMILES string of the molecule is COc1ccc(C2=CCCC=C2Br)cc1. The van der Waals surface area contributed by atoms with Crippen molar-refractivity contribution in [3.05, 3.63) is 46.5 Å². The van der Waals surface area contributed by atoms with E-state index in [4.69, 9.17) is 4.74 Å². The summed E-state index contributed by atoms with van der Waals surface area (Å²) in [5, 5.41) is 0. The first-order valence-electron chi connectivity index (χ1n) is 5.02. The van der Waals surface area contributed by atoms with Crippen molar-refractivity contribution in [1.82, 2.24) is 0 Å². The number of hydrogen-bond acceptors (Lipinski definition) is 1. The number of halogens is 1. The Morgan fingerprint density at radius 1 is 1.07 bits per heavy atom. The second-order valence-corrected chi connectivity index (χ2v) is 4.33. The van der Waals surface area contributed by atoms with Crippen molar-refractivity contribution in [2.75, 3.05) is 7.11 Å². The molecule has 0 atom stereocenters. The molecule has 0 spiro atoms. The Kier molecular flexibility index (Phi) is 3.27. The average Bonchev–Trinajstić information content (AvgIpc) is 2.30. The van der Waals surface area contributed by atoms with Crippen molar-refractivity contribution < 1.29 is 4.74 Å². The van der Waals surface area contributed by atoms with E-state index < -0.39 is 0 Å². The standard InChI is InChI=1S/C13H13BrO/c1-15-11-8-6-10(7-9-11)12-4-2-3-5-13(12)14/h4-9H,2-3H2,1H3. The fraction of sp³-hybridized carbons (Fsp3) is 0.231. The molecule has 1 aliphatic rings. The van der Waals surface area contributed by atoms with Crippen LogP contribution in [0, 0.1) is 0 Å². The molecule has 1 nitrogen and oxygen atoms in total. The number of rotatable bonds is 2. The van der Waals surface area contributed by atoms with Crippen LogP contribution in [0.1, 0.15) is 18.4 Å². The molecule has 0 unspecified atom stereocenters. The van der Waals surface area contributed by atoms with Gasteiger partial charge in [-0.15, -0.1) is 0 Å². The molecule has 1 aromatic rings. The van der Waals surface area contributed by atoms with Gasteiger partial charge in [-0.1, -0.05) is 40.2 Å². The van der Waals surface area contributed by atoms with E-state index in [0.717, 1.165) is 18.6 Å². The molecule has 0 fully saturated rings. The third-order valence-corrected chi connectivity index (χ3v) is 3.25. The Morgan fingerprint density at radius 3 is 2.33 bits per heavy atom. The zero-order valence-corrected chi connectivity index (χ0v) is 10.3. The number of allylic oxidation sites excluding steroid dienone is 4. The van der Waals surface area contributed by atoms with Crippen LogP contribution in [0.4, 0.5) is 0 Å². The maximum atomic E-state index is 5.14. The van der Waals surface area contributed by atoms with Gasteiger partial charge in [0.25, 0.3) is 0 Å². The van der Waals surface area contributed by atoms with Gasteiger partial charge in [-0.2, -0.15) is 0 Å². The van der Waals surface area contributed by atoms with Gasteiger partial charge in [0.15, 0.2) is 0 Å². The molecular weight excluding hydrogens is 252 g/mol.